The highest BCUT2D eigenvalue weighted by Gasteiger charge is 2.29. The molecule has 0 bridgehead atoms. The third-order valence-corrected chi connectivity index (χ3v) is 3.83. The van der Waals surface area contributed by atoms with Gasteiger partial charge in [-0.3, -0.25) is 4.79 Å². The number of halogens is 1. The van der Waals surface area contributed by atoms with Gasteiger partial charge < -0.3 is 10.2 Å². The van der Waals surface area contributed by atoms with E-state index in [0.29, 0.717) is 11.9 Å². The van der Waals surface area contributed by atoms with Crippen molar-refractivity contribution in [3.63, 3.8) is 0 Å². The molecule has 0 radical (unpaired) electrons. The molecule has 1 N–H and O–H groups in total. The lowest BCUT2D eigenvalue weighted by atomic mass is 10.0. The Morgan fingerprint density at radius 3 is 2.31 bits per heavy atom. The summed E-state index contributed by atoms with van der Waals surface area (Å²) in [4.78, 5) is 14.1. The average Bonchev–Trinajstić information content (AvgIpc) is 2.82. The monoisotopic (exact) mass is 246 g/mol. The highest BCUT2D eigenvalue weighted by molar-refractivity contribution is 5.85. The van der Waals surface area contributed by atoms with Crippen molar-refractivity contribution >= 4 is 18.3 Å². The fraction of sp³-hybridized carbons (Fsp3) is 0.917. The first kappa shape index (κ1) is 13.8. The van der Waals surface area contributed by atoms with Crippen LogP contribution in [0.5, 0.6) is 0 Å². The number of piperidine rings is 1. The van der Waals surface area contributed by atoms with E-state index in [4.69, 9.17) is 0 Å². The molecule has 1 saturated carbocycles. The topological polar surface area (TPSA) is 32.3 Å². The Morgan fingerprint density at radius 2 is 1.75 bits per heavy atom. The van der Waals surface area contributed by atoms with Crippen LogP contribution in [0, 0.1) is 0 Å². The van der Waals surface area contributed by atoms with Crippen molar-refractivity contribution in [1.29, 1.82) is 0 Å². The van der Waals surface area contributed by atoms with Gasteiger partial charge in [0.05, 0.1) is 6.04 Å². The molecular formula is C12H23ClN2O. The maximum Gasteiger partial charge on any atom is 0.239 e. The number of hydrogen-bond acceptors (Lipinski definition) is 2. The van der Waals surface area contributed by atoms with E-state index >= 15 is 0 Å². The summed E-state index contributed by atoms with van der Waals surface area (Å²) in [5.74, 6) is 0.321. The van der Waals surface area contributed by atoms with Crippen molar-refractivity contribution in [2.24, 2.45) is 0 Å². The van der Waals surface area contributed by atoms with Gasteiger partial charge in [-0.2, -0.15) is 0 Å². The van der Waals surface area contributed by atoms with Crippen LogP contribution in [0.15, 0.2) is 0 Å². The van der Waals surface area contributed by atoms with E-state index in [2.05, 4.69) is 5.32 Å². The van der Waals surface area contributed by atoms with Gasteiger partial charge in [0.15, 0.2) is 0 Å². The minimum Gasteiger partial charge on any atom is -0.341 e. The van der Waals surface area contributed by atoms with Crippen LogP contribution in [0.2, 0.25) is 0 Å². The molecule has 0 unspecified atom stereocenters. The first-order chi connectivity index (χ1) is 7.29. The quantitative estimate of drug-likeness (QED) is 0.808. The number of carbonyl (C=O) groups is 1. The van der Waals surface area contributed by atoms with Crippen molar-refractivity contribution in [3.05, 3.63) is 0 Å². The smallest absolute Gasteiger partial charge is 0.239 e. The molecule has 94 valence electrons. The van der Waals surface area contributed by atoms with Gasteiger partial charge in [-0.05, 0) is 32.2 Å². The minimum absolute atomic E-state index is 0. The van der Waals surface area contributed by atoms with E-state index in [0.717, 1.165) is 13.0 Å². The lowest BCUT2D eigenvalue weighted by Crippen LogP contribution is -2.49. The van der Waals surface area contributed by atoms with E-state index in [-0.39, 0.29) is 18.4 Å². The molecule has 2 fully saturated rings. The third kappa shape index (κ3) is 3.11. The third-order valence-electron chi connectivity index (χ3n) is 3.83. The van der Waals surface area contributed by atoms with Gasteiger partial charge >= 0.3 is 0 Å². The maximum absolute atomic E-state index is 12.1. The number of likely N-dealkylation sites (N-methyl/N-ethyl adjacent to an activating group) is 1. The van der Waals surface area contributed by atoms with E-state index in [1.54, 1.807) is 0 Å². The van der Waals surface area contributed by atoms with Crippen LogP contribution in [0.25, 0.3) is 0 Å². The summed E-state index contributed by atoms with van der Waals surface area (Å²) in [5, 5.41) is 3.33. The van der Waals surface area contributed by atoms with Crippen molar-refractivity contribution in [2.45, 2.75) is 57.0 Å². The minimum atomic E-state index is 0. The van der Waals surface area contributed by atoms with Crippen LogP contribution in [0.4, 0.5) is 0 Å². The molecule has 4 heteroatoms. The second-order valence-electron chi connectivity index (χ2n) is 4.89. The molecule has 1 atom stereocenters. The molecule has 1 amide bonds. The molecule has 1 heterocycles. The van der Waals surface area contributed by atoms with Crippen molar-refractivity contribution in [3.8, 4) is 0 Å². The van der Waals surface area contributed by atoms with Gasteiger partial charge in [-0.1, -0.05) is 19.3 Å². The van der Waals surface area contributed by atoms with Crippen LogP contribution < -0.4 is 5.32 Å². The SMILES string of the molecule is CN(C(=O)[C@@H]1CCCCN1)C1CCCC1.Cl. The van der Waals surface area contributed by atoms with E-state index in [9.17, 15) is 4.79 Å². The Labute approximate surface area is 104 Å². The van der Waals surface area contributed by atoms with Crippen molar-refractivity contribution in [2.75, 3.05) is 13.6 Å². The van der Waals surface area contributed by atoms with Crippen LogP contribution in [0.3, 0.4) is 0 Å². The zero-order valence-corrected chi connectivity index (χ0v) is 10.9. The Balaban J connectivity index is 0.00000128. The zero-order valence-electron chi connectivity index (χ0n) is 10.1. The molecule has 1 aliphatic carbocycles. The summed E-state index contributed by atoms with van der Waals surface area (Å²) in [5.41, 5.74) is 0. The van der Waals surface area contributed by atoms with Gasteiger partial charge in [0.2, 0.25) is 5.91 Å². The fourth-order valence-electron chi connectivity index (χ4n) is 2.78. The number of nitrogens with one attached hydrogen (secondary N) is 1. The summed E-state index contributed by atoms with van der Waals surface area (Å²) in [6, 6.07) is 0.616. The predicted octanol–water partition coefficient (Wildman–Crippen LogP) is 1.95. The molecule has 0 spiro atoms. The Bertz CT molecular complexity index is 223. The first-order valence-electron chi connectivity index (χ1n) is 6.29. The Hall–Kier alpha value is -0.280. The summed E-state index contributed by atoms with van der Waals surface area (Å²) in [7, 11) is 1.98. The molecule has 1 aliphatic heterocycles. The first-order valence-corrected chi connectivity index (χ1v) is 6.29. The number of amides is 1. The van der Waals surface area contributed by atoms with Crippen LogP contribution >= 0.6 is 12.4 Å². The second-order valence-corrected chi connectivity index (χ2v) is 4.89. The number of carbonyl (C=O) groups excluding carboxylic acids is 1. The normalized spacial score (nSPS) is 26.2. The van der Waals surface area contributed by atoms with Gasteiger partial charge in [-0.25, -0.2) is 0 Å². The van der Waals surface area contributed by atoms with Crippen LogP contribution in [-0.2, 0) is 4.79 Å². The lowest BCUT2D eigenvalue weighted by Gasteiger charge is -2.31. The van der Waals surface area contributed by atoms with Gasteiger partial charge in [0.25, 0.3) is 0 Å². The Morgan fingerprint density at radius 1 is 1.12 bits per heavy atom. The molecule has 16 heavy (non-hydrogen) atoms. The number of nitrogens with zero attached hydrogens (tertiary/aromatic N) is 1. The van der Waals surface area contributed by atoms with Crippen molar-refractivity contribution in [1.82, 2.24) is 10.2 Å². The maximum atomic E-state index is 12.1. The van der Waals surface area contributed by atoms with Crippen molar-refractivity contribution < 1.29 is 4.79 Å². The molecule has 0 aromatic heterocycles. The highest BCUT2D eigenvalue weighted by Crippen LogP contribution is 2.23. The summed E-state index contributed by atoms with van der Waals surface area (Å²) in [6.07, 6.45) is 8.43. The van der Waals surface area contributed by atoms with Crippen LogP contribution in [0.1, 0.15) is 44.9 Å². The van der Waals surface area contributed by atoms with E-state index < -0.39 is 0 Å². The highest BCUT2D eigenvalue weighted by atomic mass is 35.5. The number of rotatable bonds is 2. The van der Waals surface area contributed by atoms with E-state index in [1.165, 1.54) is 38.5 Å². The molecule has 2 rings (SSSR count). The van der Waals surface area contributed by atoms with Gasteiger partial charge in [0.1, 0.15) is 0 Å². The predicted molar refractivity (Wildman–Crippen MR) is 67.9 cm³/mol. The molecule has 3 nitrogen and oxygen atoms in total. The lowest BCUT2D eigenvalue weighted by molar-refractivity contribution is -0.134. The fourth-order valence-corrected chi connectivity index (χ4v) is 2.78. The standard InChI is InChI=1S/C12H22N2O.ClH/c1-14(10-6-2-3-7-10)12(15)11-8-4-5-9-13-11;/h10-11,13H,2-9H2,1H3;1H/t11-;/m0./s1. The largest absolute Gasteiger partial charge is 0.341 e. The van der Waals surface area contributed by atoms with E-state index in [1.807, 2.05) is 11.9 Å². The molecule has 0 aromatic rings. The average molecular weight is 247 g/mol. The molecular weight excluding hydrogens is 224 g/mol. The Kier molecular flexibility index (Phi) is 5.56. The molecule has 1 saturated heterocycles. The van der Waals surface area contributed by atoms with Gasteiger partial charge in [-0.15, -0.1) is 12.4 Å². The van der Waals surface area contributed by atoms with Gasteiger partial charge in [0, 0.05) is 13.1 Å². The molecule has 2 aliphatic rings. The zero-order chi connectivity index (χ0) is 10.7. The number of hydrogen-bond donors (Lipinski definition) is 1. The summed E-state index contributed by atoms with van der Waals surface area (Å²) < 4.78 is 0. The second kappa shape index (κ2) is 6.45. The summed E-state index contributed by atoms with van der Waals surface area (Å²) in [6.45, 7) is 1.01. The summed E-state index contributed by atoms with van der Waals surface area (Å²) >= 11 is 0. The van der Waals surface area contributed by atoms with Crippen LogP contribution in [-0.4, -0.2) is 36.5 Å². The molecule has 0 aromatic carbocycles.